The quantitative estimate of drug-likeness (QED) is 0.834. The number of hydrogen-bond acceptors (Lipinski definition) is 4. The van der Waals surface area contributed by atoms with Crippen LogP contribution in [0.5, 0.6) is 0 Å². The van der Waals surface area contributed by atoms with Crippen LogP contribution < -0.4 is 0 Å². The monoisotopic (exact) mass is 357 g/mol. The second-order valence-electron chi connectivity index (χ2n) is 7.98. The number of piperidine rings is 1. The van der Waals surface area contributed by atoms with Crippen molar-refractivity contribution in [2.24, 2.45) is 4.99 Å². The number of ether oxygens (including phenoxy) is 1. The molecule has 2 amide bonds. The number of amides is 2. The summed E-state index contributed by atoms with van der Waals surface area (Å²) in [5.41, 5.74) is 0.120. The molecule has 0 N–H and O–H groups in total. The van der Waals surface area contributed by atoms with Crippen molar-refractivity contribution in [3.8, 4) is 0 Å². The first-order chi connectivity index (χ1) is 12.3. The molecule has 6 heteroatoms. The van der Waals surface area contributed by atoms with E-state index in [4.69, 9.17) is 4.74 Å². The molecular weight excluding hydrogens is 330 g/mol. The highest BCUT2D eigenvalue weighted by atomic mass is 16.6. The van der Waals surface area contributed by atoms with Gasteiger partial charge in [-0.05, 0) is 45.6 Å². The van der Waals surface area contributed by atoms with Crippen LogP contribution in [0.4, 0.5) is 4.79 Å². The van der Waals surface area contributed by atoms with E-state index >= 15 is 0 Å². The van der Waals surface area contributed by atoms with Gasteiger partial charge in [0.2, 0.25) is 0 Å². The second-order valence-corrected chi connectivity index (χ2v) is 7.98. The van der Waals surface area contributed by atoms with Crippen LogP contribution in [0.2, 0.25) is 0 Å². The summed E-state index contributed by atoms with van der Waals surface area (Å²) >= 11 is 0. The van der Waals surface area contributed by atoms with Crippen LogP contribution in [-0.4, -0.2) is 58.9 Å². The van der Waals surface area contributed by atoms with Crippen LogP contribution in [0, 0.1) is 0 Å². The Labute approximate surface area is 154 Å². The summed E-state index contributed by atoms with van der Waals surface area (Å²) in [6.45, 7) is 7.32. The minimum absolute atomic E-state index is 0.0885. The molecule has 1 spiro atoms. The van der Waals surface area contributed by atoms with Crippen LogP contribution in [-0.2, 0) is 16.0 Å². The first kappa shape index (κ1) is 18.4. The Morgan fingerprint density at radius 3 is 2.46 bits per heavy atom. The summed E-state index contributed by atoms with van der Waals surface area (Å²) < 4.78 is 5.44. The number of carbonyl (C=O) groups excluding carboxylic acids is 2. The minimum atomic E-state index is -0.604. The zero-order valence-electron chi connectivity index (χ0n) is 15.8. The molecule has 0 unspecified atom stereocenters. The minimum Gasteiger partial charge on any atom is -0.444 e. The summed E-state index contributed by atoms with van der Waals surface area (Å²) in [6.07, 6.45) is 3.39. The zero-order chi connectivity index (χ0) is 18.8. The molecule has 1 aromatic carbocycles. The van der Waals surface area contributed by atoms with Crippen molar-refractivity contribution in [1.82, 2.24) is 9.80 Å². The molecule has 0 aromatic heterocycles. The highest BCUT2D eigenvalue weighted by Crippen LogP contribution is 2.33. The molecule has 0 saturated carbocycles. The molecule has 2 aliphatic rings. The van der Waals surface area contributed by atoms with Crippen molar-refractivity contribution < 1.29 is 14.3 Å². The van der Waals surface area contributed by atoms with Crippen molar-refractivity contribution in [1.29, 1.82) is 0 Å². The number of likely N-dealkylation sites (tertiary alicyclic amines) is 1. The first-order valence-electron chi connectivity index (χ1n) is 9.17. The van der Waals surface area contributed by atoms with E-state index in [2.05, 4.69) is 22.0 Å². The lowest BCUT2D eigenvalue weighted by Gasteiger charge is -2.43. The molecule has 0 atom stereocenters. The molecule has 0 bridgehead atoms. The van der Waals surface area contributed by atoms with E-state index in [1.165, 1.54) is 5.56 Å². The lowest BCUT2D eigenvalue weighted by atomic mass is 9.85. The molecule has 1 saturated heterocycles. The van der Waals surface area contributed by atoms with Gasteiger partial charge in [0.05, 0.1) is 6.34 Å². The Hall–Kier alpha value is -2.37. The third-order valence-corrected chi connectivity index (χ3v) is 4.99. The van der Waals surface area contributed by atoms with Crippen LogP contribution in [0.15, 0.2) is 35.3 Å². The van der Waals surface area contributed by atoms with Crippen molar-refractivity contribution in [2.75, 3.05) is 19.6 Å². The molecule has 26 heavy (non-hydrogen) atoms. The van der Waals surface area contributed by atoms with Gasteiger partial charge in [-0.15, -0.1) is 0 Å². The van der Waals surface area contributed by atoms with Gasteiger partial charge >= 0.3 is 6.09 Å². The summed E-state index contributed by atoms with van der Waals surface area (Å²) in [7, 11) is 0. The Bertz CT molecular complexity index is 686. The molecule has 3 rings (SSSR count). The van der Waals surface area contributed by atoms with Gasteiger partial charge in [-0.2, -0.15) is 0 Å². The van der Waals surface area contributed by atoms with E-state index in [9.17, 15) is 9.59 Å². The SMILES string of the molecule is CC(C)(C)OC(=O)N1CCC2(CC1)C(=O)N=CN2CCc1ccccc1. The molecule has 6 nitrogen and oxygen atoms in total. The topological polar surface area (TPSA) is 62.2 Å². The molecule has 2 heterocycles. The largest absolute Gasteiger partial charge is 0.444 e. The van der Waals surface area contributed by atoms with E-state index < -0.39 is 11.1 Å². The maximum absolute atomic E-state index is 12.5. The highest BCUT2D eigenvalue weighted by Gasteiger charge is 2.49. The lowest BCUT2D eigenvalue weighted by molar-refractivity contribution is -0.128. The zero-order valence-corrected chi connectivity index (χ0v) is 15.8. The van der Waals surface area contributed by atoms with E-state index in [-0.39, 0.29) is 12.0 Å². The Balaban J connectivity index is 1.61. The average Bonchev–Trinajstić information content (AvgIpc) is 2.89. The number of aliphatic imine (C=N–C) groups is 1. The third kappa shape index (κ3) is 3.89. The molecule has 1 aromatic rings. The van der Waals surface area contributed by atoms with E-state index in [1.54, 1.807) is 11.2 Å². The molecule has 140 valence electrons. The fraction of sp³-hybridized carbons (Fsp3) is 0.550. The molecule has 0 radical (unpaired) electrons. The van der Waals surface area contributed by atoms with E-state index in [1.807, 2.05) is 39.0 Å². The van der Waals surface area contributed by atoms with Crippen LogP contribution in [0.1, 0.15) is 39.2 Å². The van der Waals surface area contributed by atoms with E-state index in [0.29, 0.717) is 25.9 Å². The predicted octanol–water partition coefficient (Wildman–Crippen LogP) is 2.87. The lowest BCUT2D eigenvalue weighted by Crippen LogP contribution is -2.57. The van der Waals surface area contributed by atoms with Crippen LogP contribution in [0.25, 0.3) is 0 Å². The number of rotatable bonds is 3. The number of carbonyl (C=O) groups is 2. The fourth-order valence-electron chi connectivity index (χ4n) is 3.53. The van der Waals surface area contributed by atoms with Gasteiger partial charge in [0.1, 0.15) is 11.1 Å². The normalized spacial score (nSPS) is 19.3. The molecule has 2 aliphatic heterocycles. The molecule has 1 fully saturated rings. The van der Waals surface area contributed by atoms with Crippen molar-refractivity contribution in [3.05, 3.63) is 35.9 Å². The Morgan fingerprint density at radius 1 is 1.19 bits per heavy atom. The summed E-state index contributed by atoms with van der Waals surface area (Å²) in [6, 6.07) is 10.2. The summed E-state index contributed by atoms with van der Waals surface area (Å²) in [5, 5.41) is 0. The van der Waals surface area contributed by atoms with Gasteiger partial charge < -0.3 is 14.5 Å². The Kier molecular flexibility index (Phi) is 5.03. The number of hydrogen-bond donors (Lipinski definition) is 0. The van der Waals surface area contributed by atoms with Gasteiger partial charge in [0.15, 0.2) is 0 Å². The van der Waals surface area contributed by atoms with Crippen LogP contribution >= 0.6 is 0 Å². The smallest absolute Gasteiger partial charge is 0.410 e. The van der Waals surface area contributed by atoms with Crippen molar-refractivity contribution in [2.45, 2.75) is 51.2 Å². The van der Waals surface area contributed by atoms with Gasteiger partial charge in [-0.25, -0.2) is 9.79 Å². The third-order valence-electron chi connectivity index (χ3n) is 4.99. The Morgan fingerprint density at radius 2 is 1.85 bits per heavy atom. The van der Waals surface area contributed by atoms with Gasteiger partial charge in [0.25, 0.3) is 5.91 Å². The predicted molar refractivity (Wildman–Crippen MR) is 100 cm³/mol. The maximum Gasteiger partial charge on any atom is 0.410 e. The maximum atomic E-state index is 12.5. The van der Waals surface area contributed by atoms with Crippen molar-refractivity contribution in [3.63, 3.8) is 0 Å². The average molecular weight is 357 g/mol. The van der Waals surface area contributed by atoms with Gasteiger partial charge in [0, 0.05) is 19.6 Å². The van der Waals surface area contributed by atoms with E-state index in [0.717, 1.165) is 13.0 Å². The standard InChI is InChI=1S/C20H27N3O3/c1-19(2,3)26-18(25)22-13-10-20(11-14-22)17(24)21-15-23(20)12-9-16-7-5-4-6-8-16/h4-8,15H,9-14H2,1-3H3. The summed E-state index contributed by atoms with van der Waals surface area (Å²) in [4.78, 5) is 32.6. The fourth-order valence-corrected chi connectivity index (χ4v) is 3.53. The van der Waals surface area contributed by atoms with Crippen LogP contribution in [0.3, 0.4) is 0 Å². The van der Waals surface area contributed by atoms with Gasteiger partial charge in [-0.1, -0.05) is 30.3 Å². The second kappa shape index (κ2) is 7.09. The number of benzene rings is 1. The van der Waals surface area contributed by atoms with Gasteiger partial charge in [-0.3, -0.25) is 4.79 Å². The first-order valence-corrected chi connectivity index (χ1v) is 9.17. The molecular formula is C20H27N3O3. The highest BCUT2D eigenvalue weighted by molar-refractivity contribution is 5.98. The summed E-state index contributed by atoms with van der Waals surface area (Å²) in [5.74, 6) is -0.0885. The molecule has 0 aliphatic carbocycles. The van der Waals surface area contributed by atoms with Crippen molar-refractivity contribution >= 4 is 18.3 Å². The number of nitrogens with zero attached hydrogens (tertiary/aromatic N) is 3.